The summed E-state index contributed by atoms with van der Waals surface area (Å²) in [4.78, 5) is 2.70. The molecule has 0 atom stereocenters. The highest BCUT2D eigenvalue weighted by Crippen LogP contribution is 2.70. The van der Waals surface area contributed by atoms with Crippen molar-refractivity contribution < 1.29 is 0 Å². The third-order valence-corrected chi connectivity index (χ3v) is 18.1. The van der Waals surface area contributed by atoms with Crippen molar-refractivity contribution in [3.05, 3.63) is 136 Å². The van der Waals surface area contributed by atoms with Gasteiger partial charge in [-0.15, -0.1) is 0 Å². The minimum absolute atomic E-state index is 0.0604. The molecule has 7 aliphatic carbocycles. The summed E-state index contributed by atoms with van der Waals surface area (Å²) in [6.45, 7) is 26.8. The van der Waals surface area contributed by atoms with Crippen molar-refractivity contribution in [1.82, 2.24) is 0 Å². The van der Waals surface area contributed by atoms with Crippen LogP contribution < -0.4 is 4.90 Å². The lowest BCUT2D eigenvalue weighted by Crippen LogP contribution is -2.55. The van der Waals surface area contributed by atoms with Gasteiger partial charge in [0.05, 0.1) is 0 Å². The van der Waals surface area contributed by atoms with E-state index in [0.29, 0.717) is 11.8 Å². The van der Waals surface area contributed by atoms with Crippen LogP contribution in [0.5, 0.6) is 0 Å². The van der Waals surface area contributed by atoms with Crippen LogP contribution in [0.2, 0.25) is 0 Å². The first-order valence-electron chi connectivity index (χ1n) is 24.3. The van der Waals surface area contributed by atoms with E-state index in [1.165, 1.54) is 125 Å². The molecule has 5 aromatic carbocycles. The number of rotatable bonds is 4. The van der Waals surface area contributed by atoms with Gasteiger partial charge in [0.25, 0.3) is 0 Å². The van der Waals surface area contributed by atoms with Gasteiger partial charge in [-0.1, -0.05) is 137 Å². The number of anilines is 3. The molecule has 0 amide bonds. The van der Waals surface area contributed by atoms with Gasteiger partial charge >= 0.3 is 0 Å². The average molecular weight is 806 g/mol. The van der Waals surface area contributed by atoms with Crippen LogP contribution in [0.3, 0.4) is 0 Å². The van der Waals surface area contributed by atoms with Crippen LogP contribution in [-0.4, -0.2) is 0 Å². The van der Waals surface area contributed by atoms with E-state index in [2.05, 4.69) is 178 Å². The fourth-order valence-corrected chi connectivity index (χ4v) is 14.6. The van der Waals surface area contributed by atoms with Crippen LogP contribution in [0.15, 0.2) is 97.1 Å². The molecule has 1 spiro atoms. The van der Waals surface area contributed by atoms with Gasteiger partial charge in [0.2, 0.25) is 0 Å². The fourth-order valence-electron chi connectivity index (χ4n) is 14.6. The minimum Gasteiger partial charge on any atom is -0.310 e. The highest BCUT2D eigenvalue weighted by atomic mass is 15.1. The predicted octanol–water partition coefficient (Wildman–Crippen LogP) is 16.5. The monoisotopic (exact) mass is 806 g/mol. The first-order chi connectivity index (χ1) is 28.8. The smallest absolute Gasteiger partial charge is 0.0471 e. The lowest BCUT2D eigenvalue weighted by atomic mass is 9.43. The summed E-state index contributed by atoms with van der Waals surface area (Å²) in [5.41, 5.74) is 21.1. The summed E-state index contributed by atoms with van der Waals surface area (Å²) in [6.07, 6.45) is 11.9. The summed E-state index contributed by atoms with van der Waals surface area (Å²) < 4.78 is 0. The van der Waals surface area contributed by atoms with E-state index in [-0.39, 0.29) is 32.5 Å². The molecule has 0 heterocycles. The predicted molar refractivity (Wildman–Crippen MR) is 259 cm³/mol. The molecule has 5 aromatic rings. The van der Waals surface area contributed by atoms with Crippen LogP contribution in [0.4, 0.5) is 17.1 Å². The zero-order valence-corrected chi connectivity index (χ0v) is 39.4. The summed E-state index contributed by atoms with van der Waals surface area (Å²) >= 11 is 0. The van der Waals surface area contributed by atoms with Gasteiger partial charge in [0, 0.05) is 22.5 Å². The second-order valence-corrected chi connectivity index (χ2v) is 24.8. The highest BCUT2D eigenvalue weighted by Gasteiger charge is 2.62. The van der Waals surface area contributed by atoms with Crippen LogP contribution in [0.25, 0.3) is 22.3 Å². The average Bonchev–Trinajstić information content (AvgIpc) is 3.50. The van der Waals surface area contributed by atoms with Crippen molar-refractivity contribution in [2.45, 2.75) is 166 Å². The van der Waals surface area contributed by atoms with Crippen LogP contribution in [-0.2, 0) is 32.5 Å². The SMILES string of the molecule is CC(C)(C)c1ccc(-c2cc(N(c3ccc4c(c3)C(C)(C)CCC4(C)C)c3ccc4c(c3)C(C)(C)CCC4(C)C)cc3c2-c2ccccc2C32C3CC4CC(C3)CC2C4)cc1. The second-order valence-electron chi connectivity index (χ2n) is 24.8. The van der Waals surface area contributed by atoms with E-state index in [9.17, 15) is 0 Å². The molecule has 0 saturated heterocycles. The maximum atomic E-state index is 2.74. The van der Waals surface area contributed by atoms with Gasteiger partial charge in [-0.3, -0.25) is 0 Å². The largest absolute Gasteiger partial charge is 0.310 e. The summed E-state index contributed by atoms with van der Waals surface area (Å²) in [7, 11) is 0. The molecule has 1 nitrogen and oxygen atoms in total. The zero-order chi connectivity index (χ0) is 42.6. The second kappa shape index (κ2) is 13.0. The van der Waals surface area contributed by atoms with Crippen molar-refractivity contribution in [2.75, 3.05) is 4.90 Å². The Morgan fingerprint density at radius 2 is 0.918 bits per heavy atom. The third kappa shape index (κ3) is 5.83. The van der Waals surface area contributed by atoms with Crippen molar-refractivity contribution in [1.29, 1.82) is 0 Å². The molecule has 4 fully saturated rings. The molecule has 0 aromatic heterocycles. The van der Waals surface area contributed by atoms with Gasteiger partial charge < -0.3 is 4.90 Å². The first kappa shape index (κ1) is 39.7. The number of fused-ring (bicyclic) bond motifs is 5. The van der Waals surface area contributed by atoms with Gasteiger partial charge in [-0.25, -0.2) is 0 Å². The van der Waals surface area contributed by atoms with Gasteiger partial charge in [-0.05, 0) is 206 Å². The quantitative estimate of drug-likeness (QED) is 0.175. The number of hydrogen-bond donors (Lipinski definition) is 0. The number of hydrogen-bond acceptors (Lipinski definition) is 1. The Balaban J connectivity index is 1.21. The maximum Gasteiger partial charge on any atom is 0.0471 e. The third-order valence-electron chi connectivity index (χ3n) is 18.1. The molecule has 7 aliphatic rings. The Bertz CT molecular complexity index is 2480. The van der Waals surface area contributed by atoms with Crippen molar-refractivity contribution in [2.24, 2.45) is 23.7 Å². The molecular weight excluding hydrogens is 735 g/mol. The van der Waals surface area contributed by atoms with E-state index in [4.69, 9.17) is 0 Å². The molecular formula is C60H71N. The van der Waals surface area contributed by atoms with E-state index < -0.39 is 0 Å². The van der Waals surface area contributed by atoms with Gasteiger partial charge in [0.1, 0.15) is 0 Å². The molecule has 0 unspecified atom stereocenters. The summed E-state index contributed by atoms with van der Waals surface area (Å²) in [6, 6.07) is 40.0. The Morgan fingerprint density at radius 3 is 1.43 bits per heavy atom. The van der Waals surface area contributed by atoms with Crippen LogP contribution >= 0.6 is 0 Å². The molecule has 0 N–H and O–H groups in total. The molecule has 4 bridgehead atoms. The normalized spacial score (nSPS) is 27.9. The Labute approximate surface area is 368 Å². The molecule has 0 radical (unpaired) electrons. The van der Waals surface area contributed by atoms with E-state index >= 15 is 0 Å². The van der Waals surface area contributed by atoms with E-state index in [1.807, 2.05) is 0 Å². The number of nitrogens with zero attached hydrogens (tertiary/aromatic N) is 1. The molecule has 4 saturated carbocycles. The molecule has 0 aliphatic heterocycles. The standard InChI is InChI=1S/C60H71N/c1-55(2,3)40-18-16-39(17-19-40)47-33-45(36-53-54(47)46-14-12-13-15-48(46)60(53)41-29-37-28-38(31-41)32-42(60)30-37)61(43-20-22-49-51(34-43)58(8,9)26-24-56(49,4)5)44-21-23-50-52(35-44)59(10,11)27-25-57(50,6)7/h12-23,33-38,41-42H,24-32H2,1-11H3. The maximum absolute atomic E-state index is 2.74. The lowest BCUT2D eigenvalue weighted by molar-refractivity contribution is -0.0399. The molecule has 1 heteroatoms. The van der Waals surface area contributed by atoms with Gasteiger partial charge in [-0.2, -0.15) is 0 Å². The lowest BCUT2D eigenvalue weighted by Gasteiger charge is -2.61. The van der Waals surface area contributed by atoms with Crippen molar-refractivity contribution >= 4 is 17.1 Å². The zero-order valence-electron chi connectivity index (χ0n) is 39.4. The van der Waals surface area contributed by atoms with Crippen LogP contribution in [0, 0.1) is 23.7 Å². The highest BCUT2D eigenvalue weighted by molar-refractivity contribution is 5.97. The topological polar surface area (TPSA) is 3.24 Å². The first-order valence-corrected chi connectivity index (χ1v) is 24.3. The molecule has 12 rings (SSSR count). The molecule has 316 valence electrons. The van der Waals surface area contributed by atoms with Crippen LogP contribution in [0.1, 0.15) is 173 Å². The van der Waals surface area contributed by atoms with Gasteiger partial charge in [0.15, 0.2) is 0 Å². The minimum atomic E-state index is 0.0604. The summed E-state index contributed by atoms with van der Waals surface area (Å²) in [5.74, 6) is 3.20. The Hall–Kier alpha value is -4.10. The fraction of sp³-hybridized carbons (Fsp3) is 0.500. The van der Waals surface area contributed by atoms with E-state index in [1.54, 1.807) is 11.1 Å². The van der Waals surface area contributed by atoms with Crippen molar-refractivity contribution in [3.8, 4) is 22.3 Å². The van der Waals surface area contributed by atoms with Crippen molar-refractivity contribution in [3.63, 3.8) is 0 Å². The van der Waals surface area contributed by atoms with E-state index in [0.717, 1.165) is 11.8 Å². The molecule has 61 heavy (non-hydrogen) atoms. The number of benzene rings is 5. The Morgan fingerprint density at radius 1 is 0.443 bits per heavy atom. The Kier molecular flexibility index (Phi) is 8.46. The summed E-state index contributed by atoms with van der Waals surface area (Å²) in [5, 5.41) is 0.